The van der Waals surface area contributed by atoms with Gasteiger partial charge < -0.3 is 14.2 Å². The Morgan fingerprint density at radius 3 is 2.72 bits per heavy atom. The molecular formula is C22H22FN3O3. The molecule has 1 fully saturated rings. The number of likely N-dealkylation sites (tertiary alicyclic amines) is 1. The summed E-state index contributed by atoms with van der Waals surface area (Å²) in [4.78, 5) is 18.6. The summed E-state index contributed by atoms with van der Waals surface area (Å²) in [6.45, 7) is 5.05. The molecule has 1 atom stereocenters. The summed E-state index contributed by atoms with van der Waals surface area (Å²) in [5, 5.41) is 4.01. The van der Waals surface area contributed by atoms with Gasteiger partial charge in [-0.15, -0.1) is 0 Å². The third-order valence-corrected chi connectivity index (χ3v) is 4.85. The average Bonchev–Trinajstić information content (AvgIpc) is 3.38. The van der Waals surface area contributed by atoms with E-state index in [2.05, 4.69) is 10.1 Å². The first-order valence-corrected chi connectivity index (χ1v) is 9.65. The molecule has 4 rings (SSSR count). The third kappa shape index (κ3) is 4.29. The quantitative estimate of drug-likeness (QED) is 0.645. The maximum absolute atomic E-state index is 13.4. The van der Waals surface area contributed by atoms with E-state index < -0.39 is 5.82 Å². The van der Waals surface area contributed by atoms with Gasteiger partial charge in [-0.3, -0.25) is 4.79 Å². The SMILES string of the molecule is CC(C)c1nc(-c2ccc(OC3CCN(C(=O)c4cccc(F)c4)C3)cc2)no1. The van der Waals surface area contributed by atoms with Crippen molar-refractivity contribution < 1.29 is 18.4 Å². The topological polar surface area (TPSA) is 68.5 Å². The molecule has 7 heteroatoms. The number of rotatable bonds is 5. The number of amides is 1. The zero-order chi connectivity index (χ0) is 20.4. The van der Waals surface area contributed by atoms with Crippen LogP contribution in [0.2, 0.25) is 0 Å². The molecule has 1 aliphatic rings. The minimum absolute atomic E-state index is 0.101. The minimum Gasteiger partial charge on any atom is -0.489 e. The second-order valence-corrected chi connectivity index (χ2v) is 7.43. The van der Waals surface area contributed by atoms with E-state index in [4.69, 9.17) is 9.26 Å². The molecule has 29 heavy (non-hydrogen) atoms. The van der Waals surface area contributed by atoms with Crippen molar-refractivity contribution in [1.29, 1.82) is 0 Å². The standard InChI is InChI=1S/C22H22FN3O3/c1-14(2)21-24-20(25-29-21)15-6-8-18(9-7-15)28-19-10-11-26(13-19)22(27)16-4-3-5-17(23)12-16/h3-9,12,14,19H,10-11,13H2,1-2H3. The van der Waals surface area contributed by atoms with Crippen LogP contribution in [0.4, 0.5) is 4.39 Å². The number of hydrogen-bond donors (Lipinski definition) is 0. The Morgan fingerprint density at radius 1 is 1.24 bits per heavy atom. The van der Waals surface area contributed by atoms with Crippen LogP contribution in [0.15, 0.2) is 53.1 Å². The van der Waals surface area contributed by atoms with Gasteiger partial charge in [0.1, 0.15) is 17.7 Å². The van der Waals surface area contributed by atoms with Crippen molar-refractivity contribution in [1.82, 2.24) is 15.0 Å². The van der Waals surface area contributed by atoms with Gasteiger partial charge in [0.25, 0.3) is 5.91 Å². The van der Waals surface area contributed by atoms with Crippen LogP contribution in [0.25, 0.3) is 11.4 Å². The van der Waals surface area contributed by atoms with Gasteiger partial charge in [0.2, 0.25) is 11.7 Å². The molecule has 1 amide bonds. The highest BCUT2D eigenvalue weighted by Crippen LogP contribution is 2.24. The molecule has 0 aliphatic carbocycles. The molecule has 6 nitrogen and oxygen atoms in total. The number of ether oxygens (including phenoxy) is 1. The van der Waals surface area contributed by atoms with E-state index in [-0.39, 0.29) is 17.9 Å². The summed E-state index contributed by atoms with van der Waals surface area (Å²) in [7, 11) is 0. The van der Waals surface area contributed by atoms with Crippen molar-refractivity contribution in [2.24, 2.45) is 0 Å². The largest absolute Gasteiger partial charge is 0.489 e. The minimum atomic E-state index is -0.412. The van der Waals surface area contributed by atoms with Crippen molar-refractivity contribution in [3.8, 4) is 17.1 Å². The van der Waals surface area contributed by atoms with Gasteiger partial charge in [0.15, 0.2) is 0 Å². The van der Waals surface area contributed by atoms with E-state index in [0.717, 1.165) is 12.0 Å². The average molecular weight is 395 g/mol. The molecular weight excluding hydrogens is 373 g/mol. The lowest BCUT2D eigenvalue weighted by Crippen LogP contribution is -2.31. The van der Waals surface area contributed by atoms with Gasteiger partial charge >= 0.3 is 0 Å². The molecule has 1 aromatic heterocycles. The highest BCUT2D eigenvalue weighted by atomic mass is 19.1. The second-order valence-electron chi connectivity index (χ2n) is 7.43. The number of aromatic nitrogens is 2. The second kappa shape index (κ2) is 8.03. The van der Waals surface area contributed by atoms with Crippen LogP contribution in [0.1, 0.15) is 42.4 Å². The van der Waals surface area contributed by atoms with Gasteiger partial charge in [-0.1, -0.05) is 25.1 Å². The van der Waals surface area contributed by atoms with Crippen molar-refractivity contribution in [3.05, 3.63) is 65.8 Å². The smallest absolute Gasteiger partial charge is 0.254 e. The number of halogens is 1. The Morgan fingerprint density at radius 2 is 2.03 bits per heavy atom. The molecule has 1 saturated heterocycles. The Balaban J connectivity index is 1.37. The predicted molar refractivity (Wildman–Crippen MR) is 105 cm³/mol. The summed E-state index contributed by atoms with van der Waals surface area (Å²) in [6, 6.07) is 13.2. The first-order valence-electron chi connectivity index (χ1n) is 9.65. The fraction of sp³-hybridized carbons (Fsp3) is 0.318. The van der Waals surface area contributed by atoms with E-state index in [1.54, 1.807) is 17.0 Å². The first kappa shape index (κ1) is 19.1. The number of carbonyl (C=O) groups excluding carboxylic acids is 1. The van der Waals surface area contributed by atoms with E-state index in [0.29, 0.717) is 36.1 Å². The number of benzene rings is 2. The van der Waals surface area contributed by atoms with Crippen LogP contribution in [-0.2, 0) is 0 Å². The Kier molecular flexibility index (Phi) is 5.29. The molecule has 0 bridgehead atoms. The highest BCUT2D eigenvalue weighted by Gasteiger charge is 2.28. The van der Waals surface area contributed by atoms with Crippen LogP contribution in [-0.4, -0.2) is 40.1 Å². The lowest BCUT2D eigenvalue weighted by Gasteiger charge is -2.17. The molecule has 1 unspecified atom stereocenters. The monoisotopic (exact) mass is 395 g/mol. The summed E-state index contributed by atoms with van der Waals surface area (Å²) >= 11 is 0. The van der Waals surface area contributed by atoms with Crippen LogP contribution >= 0.6 is 0 Å². The van der Waals surface area contributed by atoms with E-state index >= 15 is 0 Å². The Hall–Kier alpha value is -3.22. The lowest BCUT2D eigenvalue weighted by molar-refractivity contribution is 0.0772. The molecule has 2 aromatic carbocycles. The number of nitrogens with zero attached hydrogens (tertiary/aromatic N) is 3. The molecule has 2 heterocycles. The molecule has 0 N–H and O–H groups in total. The molecule has 0 radical (unpaired) electrons. The third-order valence-electron chi connectivity index (χ3n) is 4.85. The van der Waals surface area contributed by atoms with Gasteiger partial charge in [0.05, 0.1) is 6.54 Å². The summed E-state index contributed by atoms with van der Waals surface area (Å²) in [5.74, 6) is 1.46. The van der Waals surface area contributed by atoms with Crippen LogP contribution < -0.4 is 4.74 Å². The van der Waals surface area contributed by atoms with Crippen molar-refractivity contribution in [3.63, 3.8) is 0 Å². The zero-order valence-electron chi connectivity index (χ0n) is 16.3. The Bertz CT molecular complexity index is 1000. The van der Waals surface area contributed by atoms with Crippen molar-refractivity contribution >= 4 is 5.91 Å². The normalized spacial score (nSPS) is 16.4. The molecule has 0 spiro atoms. The molecule has 0 saturated carbocycles. The fourth-order valence-corrected chi connectivity index (χ4v) is 3.27. The van der Waals surface area contributed by atoms with E-state index in [9.17, 15) is 9.18 Å². The highest BCUT2D eigenvalue weighted by molar-refractivity contribution is 5.94. The van der Waals surface area contributed by atoms with E-state index in [1.807, 2.05) is 38.1 Å². The van der Waals surface area contributed by atoms with Crippen LogP contribution in [0, 0.1) is 5.82 Å². The van der Waals surface area contributed by atoms with Gasteiger partial charge in [-0.2, -0.15) is 4.98 Å². The molecule has 1 aliphatic heterocycles. The maximum Gasteiger partial charge on any atom is 0.254 e. The molecule has 150 valence electrons. The van der Waals surface area contributed by atoms with Crippen LogP contribution in [0.5, 0.6) is 5.75 Å². The lowest BCUT2D eigenvalue weighted by atomic mass is 10.2. The van der Waals surface area contributed by atoms with Gasteiger partial charge in [-0.05, 0) is 42.5 Å². The van der Waals surface area contributed by atoms with Crippen molar-refractivity contribution in [2.75, 3.05) is 13.1 Å². The van der Waals surface area contributed by atoms with Crippen LogP contribution in [0.3, 0.4) is 0 Å². The Labute approximate surface area is 168 Å². The van der Waals surface area contributed by atoms with Gasteiger partial charge in [-0.25, -0.2) is 4.39 Å². The van der Waals surface area contributed by atoms with Gasteiger partial charge in [0, 0.05) is 30.0 Å². The predicted octanol–water partition coefficient (Wildman–Crippen LogP) is 4.29. The zero-order valence-corrected chi connectivity index (χ0v) is 16.3. The number of carbonyl (C=O) groups is 1. The number of hydrogen-bond acceptors (Lipinski definition) is 5. The van der Waals surface area contributed by atoms with Crippen molar-refractivity contribution in [2.45, 2.75) is 32.3 Å². The first-order chi connectivity index (χ1) is 14.0. The fourth-order valence-electron chi connectivity index (χ4n) is 3.27. The summed E-state index contributed by atoms with van der Waals surface area (Å²) in [5.41, 5.74) is 1.21. The summed E-state index contributed by atoms with van der Waals surface area (Å²) in [6.07, 6.45) is 0.627. The maximum atomic E-state index is 13.4. The molecule has 3 aromatic rings. The summed E-state index contributed by atoms with van der Waals surface area (Å²) < 4.78 is 24.6. The van der Waals surface area contributed by atoms with E-state index in [1.165, 1.54) is 12.1 Å².